The zero-order valence-electron chi connectivity index (χ0n) is 16.2. The SMILES string of the molecule is Clc1ccc2c(c1)CC(Cc1ccccc1)N(CCNCc1ccccc1)C2. The summed E-state index contributed by atoms with van der Waals surface area (Å²) in [5.41, 5.74) is 5.56. The molecule has 3 heteroatoms. The topological polar surface area (TPSA) is 15.3 Å². The first-order chi connectivity index (χ1) is 13.8. The van der Waals surface area contributed by atoms with E-state index in [2.05, 4.69) is 83.0 Å². The number of nitrogens with zero attached hydrogens (tertiary/aromatic N) is 1. The summed E-state index contributed by atoms with van der Waals surface area (Å²) in [5.74, 6) is 0. The average molecular weight is 391 g/mol. The molecule has 28 heavy (non-hydrogen) atoms. The summed E-state index contributed by atoms with van der Waals surface area (Å²) in [7, 11) is 0. The summed E-state index contributed by atoms with van der Waals surface area (Å²) < 4.78 is 0. The molecule has 1 N–H and O–H groups in total. The summed E-state index contributed by atoms with van der Waals surface area (Å²) >= 11 is 6.26. The molecule has 3 aromatic rings. The van der Waals surface area contributed by atoms with Crippen LogP contribution in [-0.4, -0.2) is 24.0 Å². The molecule has 1 aliphatic rings. The van der Waals surface area contributed by atoms with Crippen LogP contribution in [0.4, 0.5) is 0 Å². The molecule has 0 fully saturated rings. The number of nitrogens with one attached hydrogen (secondary N) is 1. The normalized spacial score (nSPS) is 16.7. The lowest BCUT2D eigenvalue weighted by atomic mass is 9.90. The summed E-state index contributed by atoms with van der Waals surface area (Å²) in [6.07, 6.45) is 2.13. The Morgan fingerprint density at radius 2 is 1.57 bits per heavy atom. The van der Waals surface area contributed by atoms with E-state index in [1.807, 2.05) is 6.07 Å². The Labute approximate surface area is 173 Å². The van der Waals surface area contributed by atoms with Crippen LogP contribution in [0.2, 0.25) is 5.02 Å². The minimum Gasteiger partial charge on any atom is -0.311 e. The summed E-state index contributed by atoms with van der Waals surface area (Å²) in [5, 5.41) is 4.45. The first-order valence-electron chi connectivity index (χ1n) is 10.1. The Bertz CT molecular complexity index is 880. The fourth-order valence-electron chi connectivity index (χ4n) is 4.07. The third kappa shape index (κ3) is 5.02. The van der Waals surface area contributed by atoms with Crippen LogP contribution < -0.4 is 5.32 Å². The quantitative estimate of drug-likeness (QED) is 0.564. The maximum Gasteiger partial charge on any atom is 0.0408 e. The van der Waals surface area contributed by atoms with Crippen LogP contribution in [0, 0.1) is 0 Å². The largest absolute Gasteiger partial charge is 0.311 e. The van der Waals surface area contributed by atoms with Gasteiger partial charge in [-0.1, -0.05) is 78.3 Å². The third-order valence-electron chi connectivity index (χ3n) is 5.58. The lowest BCUT2D eigenvalue weighted by Gasteiger charge is -2.37. The van der Waals surface area contributed by atoms with Gasteiger partial charge in [0, 0.05) is 37.2 Å². The molecule has 0 aliphatic carbocycles. The molecule has 3 aromatic carbocycles. The van der Waals surface area contributed by atoms with E-state index in [1.54, 1.807) is 0 Å². The molecule has 1 heterocycles. The second-order valence-corrected chi connectivity index (χ2v) is 8.03. The highest BCUT2D eigenvalue weighted by Crippen LogP contribution is 2.27. The van der Waals surface area contributed by atoms with Crippen molar-refractivity contribution in [2.24, 2.45) is 0 Å². The zero-order valence-corrected chi connectivity index (χ0v) is 16.9. The minimum atomic E-state index is 0.506. The van der Waals surface area contributed by atoms with E-state index < -0.39 is 0 Å². The number of hydrogen-bond acceptors (Lipinski definition) is 2. The van der Waals surface area contributed by atoms with Crippen molar-refractivity contribution >= 4 is 11.6 Å². The van der Waals surface area contributed by atoms with Gasteiger partial charge in [-0.15, -0.1) is 0 Å². The number of rotatable bonds is 7. The second kappa shape index (κ2) is 9.38. The number of halogens is 1. The highest BCUT2D eigenvalue weighted by atomic mass is 35.5. The molecule has 144 valence electrons. The van der Waals surface area contributed by atoms with Crippen molar-refractivity contribution in [3.63, 3.8) is 0 Å². The average Bonchev–Trinajstić information content (AvgIpc) is 2.73. The molecule has 1 aliphatic heterocycles. The van der Waals surface area contributed by atoms with E-state index in [4.69, 9.17) is 11.6 Å². The molecule has 0 bridgehead atoms. The Hall–Kier alpha value is -2.13. The van der Waals surface area contributed by atoms with Crippen LogP contribution >= 0.6 is 11.6 Å². The van der Waals surface area contributed by atoms with E-state index in [1.165, 1.54) is 22.3 Å². The van der Waals surface area contributed by atoms with Crippen molar-refractivity contribution < 1.29 is 0 Å². The van der Waals surface area contributed by atoms with Crippen LogP contribution in [0.1, 0.15) is 22.3 Å². The van der Waals surface area contributed by atoms with Crippen LogP contribution in [-0.2, 0) is 25.9 Å². The van der Waals surface area contributed by atoms with E-state index in [-0.39, 0.29) is 0 Å². The van der Waals surface area contributed by atoms with Gasteiger partial charge >= 0.3 is 0 Å². The highest BCUT2D eigenvalue weighted by molar-refractivity contribution is 6.30. The van der Waals surface area contributed by atoms with Crippen molar-refractivity contribution in [3.05, 3.63) is 106 Å². The molecular formula is C25H27ClN2. The molecule has 1 unspecified atom stereocenters. The fraction of sp³-hybridized carbons (Fsp3) is 0.280. The molecular weight excluding hydrogens is 364 g/mol. The van der Waals surface area contributed by atoms with Gasteiger partial charge in [0.1, 0.15) is 0 Å². The fourth-order valence-corrected chi connectivity index (χ4v) is 4.26. The van der Waals surface area contributed by atoms with Gasteiger partial charge in [-0.25, -0.2) is 0 Å². The van der Waals surface area contributed by atoms with Gasteiger partial charge in [-0.2, -0.15) is 0 Å². The molecule has 4 rings (SSSR count). The maximum atomic E-state index is 6.26. The van der Waals surface area contributed by atoms with Gasteiger partial charge in [0.2, 0.25) is 0 Å². The molecule has 1 atom stereocenters. The molecule has 0 saturated carbocycles. The molecule has 0 saturated heterocycles. The molecule has 0 aromatic heterocycles. The Balaban J connectivity index is 1.42. The Morgan fingerprint density at radius 3 is 2.32 bits per heavy atom. The van der Waals surface area contributed by atoms with Gasteiger partial charge in [0.15, 0.2) is 0 Å². The molecule has 0 spiro atoms. The summed E-state index contributed by atoms with van der Waals surface area (Å²) in [6.45, 7) is 3.96. The van der Waals surface area contributed by atoms with Gasteiger partial charge in [-0.3, -0.25) is 4.90 Å². The van der Waals surface area contributed by atoms with Crippen LogP contribution in [0.25, 0.3) is 0 Å². The Kier molecular flexibility index (Phi) is 6.43. The predicted octanol–water partition coefficient (Wildman–Crippen LogP) is 5.10. The van der Waals surface area contributed by atoms with Crippen LogP contribution in [0.3, 0.4) is 0 Å². The van der Waals surface area contributed by atoms with Crippen LogP contribution in [0.5, 0.6) is 0 Å². The maximum absolute atomic E-state index is 6.26. The lowest BCUT2D eigenvalue weighted by Crippen LogP contribution is -2.44. The van der Waals surface area contributed by atoms with Gasteiger partial charge < -0.3 is 5.32 Å². The number of fused-ring (bicyclic) bond motifs is 1. The predicted molar refractivity (Wildman–Crippen MR) is 118 cm³/mol. The minimum absolute atomic E-state index is 0.506. The standard InChI is InChI=1S/C25H27ClN2/c26-24-12-11-22-19-28(14-13-27-18-21-9-5-2-6-10-21)25(17-23(22)16-24)15-20-7-3-1-4-8-20/h1-12,16,25,27H,13-15,17-19H2. The van der Waals surface area contributed by atoms with E-state index in [0.29, 0.717) is 6.04 Å². The smallest absolute Gasteiger partial charge is 0.0408 e. The van der Waals surface area contributed by atoms with E-state index >= 15 is 0 Å². The number of benzene rings is 3. The second-order valence-electron chi connectivity index (χ2n) is 7.59. The van der Waals surface area contributed by atoms with E-state index in [9.17, 15) is 0 Å². The highest BCUT2D eigenvalue weighted by Gasteiger charge is 2.26. The van der Waals surface area contributed by atoms with Gasteiger partial charge in [-0.05, 0) is 47.2 Å². The molecule has 2 nitrogen and oxygen atoms in total. The first-order valence-corrected chi connectivity index (χ1v) is 10.5. The monoisotopic (exact) mass is 390 g/mol. The molecule has 0 radical (unpaired) electrons. The first kappa shape index (κ1) is 19.2. The lowest BCUT2D eigenvalue weighted by molar-refractivity contribution is 0.170. The van der Waals surface area contributed by atoms with Crippen molar-refractivity contribution in [1.82, 2.24) is 10.2 Å². The van der Waals surface area contributed by atoms with Crippen molar-refractivity contribution in [3.8, 4) is 0 Å². The van der Waals surface area contributed by atoms with Crippen LogP contribution in [0.15, 0.2) is 78.9 Å². The molecule has 0 amide bonds. The summed E-state index contributed by atoms with van der Waals surface area (Å²) in [4.78, 5) is 2.63. The zero-order chi connectivity index (χ0) is 19.2. The van der Waals surface area contributed by atoms with Crippen molar-refractivity contribution in [1.29, 1.82) is 0 Å². The van der Waals surface area contributed by atoms with Gasteiger partial charge in [0.05, 0.1) is 0 Å². The number of hydrogen-bond donors (Lipinski definition) is 1. The van der Waals surface area contributed by atoms with Crippen molar-refractivity contribution in [2.45, 2.75) is 32.0 Å². The Morgan fingerprint density at radius 1 is 0.857 bits per heavy atom. The summed E-state index contributed by atoms with van der Waals surface area (Å²) in [6, 6.07) is 28.3. The van der Waals surface area contributed by atoms with E-state index in [0.717, 1.165) is 44.0 Å². The third-order valence-corrected chi connectivity index (χ3v) is 5.81. The van der Waals surface area contributed by atoms with Crippen molar-refractivity contribution in [2.75, 3.05) is 13.1 Å². The van der Waals surface area contributed by atoms with Gasteiger partial charge in [0.25, 0.3) is 0 Å².